The van der Waals surface area contributed by atoms with Crippen molar-refractivity contribution in [2.45, 2.75) is 19.4 Å². The van der Waals surface area contributed by atoms with Gasteiger partial charge in [-0.1, -0.05) is 19.1 Å². The molecule has 0 bridgehead atoms. The van der Waals surface area contributed by atoms with Gasteiger partial charge in [0.2, 0.25) is 0 Å². The maximum atomic E-state index is 12.4. The van der Waals surface area contributed by atoms with E-state index in [0.29, 0.717) is 24.4 Å². The van der Waals surface area contributed by atoms with Crippen LogP contribution in [0.15, 0.2) is 33.2 Å². The minimum absolute atomic E-state index is 0.154. The lowest BCUT2D eigenvalue weighted by Crippen LogP contribution is -2.45. The van der Waals surface area contributed by atoms with E-state index in [9.17, 15) is 9.90 Å². The van der Waals surface area contributed by atoms with Crippen LogP contribution in [0.2, 0.25) is 0 Å². The zero-order valence-corrected chi connectivity index (χ0v) is 12.8. The lowest BCUT2D eigenvalue weighted by Gasteiger charge is -2.33. The molecule has 1 aromatic heterocycles. The average Bonchev–Trinajstić information content (AvgIpc) is 2.86. The minimum Gasteiger partial charge on any atom is -0.450 e. The summed E-state index contributed by atoms with van der Waals surface area (Å²) < 4.78 is 6.49. The third-order valence-corrected chi connectivity index (χ3v) is 4.54. The molecule has 0 aliphatic carbocycles. The van der Waals surface area contributed by atoms with E-state index >= 15 is 0 Å². The normalized spacial score (nSPS) is 23.2. The molecule has 0 spiro atoms. The molecule has 2 unspecified atom stereocenters. The van der Waals surface area contributed by atoms with Gasteiger partial charge >= 0.3 is 0 Å². The predicted octanol–water partition coefficient (Wildman–Crippen LogP) is 3.04. The Morgan fingerprint density at radius 3 is 3.00 bits per heavy atom. The van der Waals surface area contributed by atoms with Crippen LogP contribution in [0.25, 0.3) is 11.0 Å². The number of likely N-dealkylation sites (tertiary alicyclic amines) is 1. The lowest BCUT2D eigenvalue weighted by molar-refractivity contribution is 0.0232. The van der Waals surface area contributed by atoms with Crippen molar-refractivity contribution in [3.05, 3.63) is 34.5 Å². The number of β-amino-alcohol motifs (C(OH)–C–C–N with tert-alkyl or cyclic N) is 1. The molecule has 5 heteroatoms. The van der Waals surface area contributed by atoms with Crippen molar-refractivity contribution in [1.29, 1.82) is 0 Å². The second-order valence-electron chi connectivity index (χ2n) is 5.35. The number of benzene rings is 1. The first kappa shape index (κ1) is 13.6. The average molecular weight is 338 g/mol. The number of furan rings is 1. The Morgan fingerprint density at radius 1 is 1.50 bits per heavy atom. The van der Waals surface area contributed by atoms with Crippen LogP contribution >= 0.6 is 15.9 Å². The van der Waals surface area contributed by atoms with Crippen LogP contribution in [-0.4, -0.2) is 35.1 Å². The summed E-state index contributed by atoms with van der Waals surface area (Å²) in [5.74, 6) is 0.413. The summed E-state index contributed by atoms with van der Waals surface area (Å²) in [7, 11) is 0. The number of piperidine rings is 1. The number of amides is 1. The van der Waals surface area contributed by atoms with Gasteiger partial charge in [-0.3, -0.25) is 4.79 Å². The molecular weight excluding hydrogens is 322 g/mol. The van der Waals surface area contributed by atoms with Crippen LogP contribution in [0, 0.1) is 5.92 Å². The topological polar surface area (TPSA) is 53.7 Å². The van der Waals surface area contributed by atoms with Crippen molar-refractivity contribution in [3.8, 4) is 0 Å². The molecule has 1 fully saturated rings. The van der Waals surface area contributed by atoms with Gasteiger partial charge < -0.3 is 14.4 Å². The Kier molecular flexibility index (Phi) is 3.56. The Balaban J connectivity index is 1.87. The van der Waals surface area contributed by atoms with Crippen molar-refractivity contribution in [3.63, 3.8) is 0 Å². The quantitative estimate of drug-likeness (QED) is 0.870. The van der Waals surface area contributed by atoms with Gasteiger partial charge in [-0.15, -0.1) is 0 Å². The fraction of sp³-hybridized carbons (Fsp3) is 0.400. The molecule has 4 nitrogen and oxygen atoms in total. The summed E-state index contributed by atoms with van der Waals surface area (Å²) in [4.78, 5) is 14.1. The fourth-order valence-corrected chi connectivity index (χ4v) is 2.98. The van der Waals surface area contributed by atoms with Gasteiger partial charge in [0.15, 0.2) is 5.76 Å². The van der Waals surface area contributed by atoms with Crippen molar-refractivity contribution >= 4 is 32.8 Å². The summed E-state index contributed by atoms with van der Waals surface area (Å²) in [6.07, 6.45) is 0.361. The number of fused-ring (bicyclic) bond motifs is 1. The number of hydrogen-bond donors (Lipinski definition) is 1. The summed E-state index contributed by atoms with van der Waals surface area (Å²) in [6.45, 7) is 3.04. The SMILES string of the molecule is CC1CCN(C(=O)c2cc3cccc(Br)c3o2)CC1O. The Labute approximate surface area is 125 Å². The maximum Gasteiger partial charge on any atom is 0.289 e. The fourth-order valence-electron chi connectivity index (χ4n) is 2.52. The molecule has 0 saturated carbocycles. The molecule has 1 aliphatic heterocycles. The Morgan fingerprint density at radius 2 is 2.30 bits per heavy atom. The monoisotopic (exact) mass is 337 g/mol. The summed E-state index contributed by atoms with van der Waals surface area (Å²) in [5.41, 5.74) is 0.682. The maximum absolute atomic E-state index is 12.4. The molecule has 1 aliphatic rings. The number of halogens is 1. The molecule has 1 saturated heterocycles. The second kappa shape index (κ2) is 5.22. The van der Waals surface area contributed by atoms with Crippen LogP contribution in [0.3, 0.4) is 0 Å². The molecule has 0 radical (unpaired) electrons. The second-order valence-corrected chi connectivity index (χ2v) is 6.21. The van der Waals surface area contributed by atoms with E-state index in [-0.39, 0.29) is 11.8 Å². The molecule has 2 atom stereocenters. The van der Waals surface area contributed by atoms with E-state index < -0.39 is 6.10 Å². The first-order chi connectivity index (χ1) is 9.56. The van der Waals surface area contributed by atoms with E-state index in [1.807, 2.05) is 25.1 Å². The first-order valence-electron chi connectivity index (χ1n) is 6.71. The van der Waals surface area contributed by atoms with Crippen LogP contribution in [0.5, 0.6) is 0 Å². The molecular formula is C15H16BrNO3. The van der Waals surface area contributed by atoms with Crippen molar-refractivity contribution < 1.29 is 14.3 Å². The van der Waals surface area contributed by atoms with Crippen LogP contribution < -0.4 is 0 Å². The lowest BCUT2D eigenvalue weighted by atomic mass is 9.96. The molecule has 2 heterocycles. The number of nitrogens with zero attached hydrogens (tertiary/aromatic N) is 1. The zero-order chi connectivity index (χ0) is 14.3. The van der Waals surface area contributed by atoms with Crippen molar-refractivity contribution in [2.24, 2.45) is 5.92 Å². The van der Waals surface area contributed by atoms with Gasteiger partial charge in [0.1, 0.15) is 5.58 Å². The number of carbonyl (C=O) groups excluding carboxylic acids is 1. The summed E-state index contributed by atoms with van der Waals surface area (Å²) in [6, 6.07) is 7.45. The molecule has 1 aromatic carbocycles. The van der Waals surface area contributed by atoms with Gasteiger partial charge in [0, 0.05) is 18.5 Å². The summed E-state index contributed by atoms with van der Waals surface area (Å²) in [5, 5.41) is 10.8. The number of carbonyl (C=O) groups is 1. The number of aliphatic hydroxyl groups is 1. The number of rotatable bonds is 1. The van der Waals surface area contributed by atoms with Crippen LogP contribution in [-0.2, 0) is 0 Å². The van der Waals surface area contributed by atoms with E-state index in [2.05, 4.69) is 15.9 Å². The van der Waals surface area contributed by atoms with Crippen LogP contribution in [0.4, 0.5) is 0 Å². The van der Waals surface area contributed by atoms with E-state index in [1.54, 1.807) is 11.0 Å². The minimum atomic E-state index is -0.455. The Hall–Kier alpha value is -1.33. The number of hydrogen-bond acceptors (Lipinski definition) is 3. The molecule has 20 heavy (non-hydrogen) atoms. The molecule has 3 rings (SSSR count). The van der Waals surface area contributed by atoms with Gasteiger partial charge in [0.25, 0.3) is 5.91 Å². The summed E-state index contributed by atoms with van der Waals surface area (Å²) >= 11 is 3.41. The molecule has 106 valence electrons. The Bertz CT molecular complexity index is 652. The highest BCUT2D eigenvalue weighted by Crippen LogP contribution is 2.28. The van der Waals surface area contributed by atoms with Crippen LogP contribution in [0.1, 0.15) is 23.9 Å². The highest BCUT2D eigenvalue weighted by atomic mass is 79.9. The third-order valence-electron chi connectivity index (χ3n) is 3.91. The van der Waals surface area contributed by atoms with Gasteiger partial charge in [-0.05, 0) is 40.4 Å². The number of para-hydroxylation sites is 1. The van der Waals surface area contributed by atoms with E-state index in [4.69, 9.17) is 4.42 Å². The van der Waals surface area contributed by atoms with Crippen molar-refractivity contribution in [2.75, 3.05) is 13.1 Å². The first-order valence-corrected chi connectivity index (χ1v) is 7.51. The zero-order valence-electron chi connectivity index (χ0n) is 11.2. The van der Waals surface area contributed by atoms with E-state index in [1.165, 1.54) is 0 Å². The van der Waals surface area contributed by atoms with Crippen molar-refractivity contribution in [1.82, 2.24) is 4.90 Å². The van der Waals surface area contributed by atoms with Gasteiger partial charge in [0.05, 0.1) is 10.6 Å². The third kappa shape index (κ3) is 2.36. The smallest absolute Gasteiger partial charge is 0.289 e. The molecule has 1 amide bonds. The molecule has 1 N–H and O–H groups in total. The van der Waals surface area contributed by atoms with Gasteiger partial charge in [-0.25, -0.2) is 0 Å². The standard InChI is InChI=1S/C15H16BrNO3/c1-9-5-6-17(8-12(9)18)15(19)13-7-10-3-2-4-11(16)14(10)20-13/h2-4,7,9,12,18H,5-6,8H2,1H3. The van der Waals surface area contributed by atoms with E-state index in [0.717, 1.165) is 16.3 Å². The highest BCUT2D eigenvalue weighted by Gasteiger charge is 2.29. The highest BCUT2D eigenvalue weighted by molar-refractivity contribution is 9.10. The number of aliphatic hydroxyl groups excluding tert-OH is 1. The molecule has 2 aromatic rings. The largest absolute Gasteiger partial charge is 0.450 e. The van der Waals surface area contributed by atoms with Gasteiger partial charge in [-0.2, -0.15) is 0 Å². The predicted molar refractivity (Wildman–Crippen MR) is 79.6 cm³/mol.